The summed E-state index contributed by atoms with van der Waals surface area (Å²) in [5.41, 5.74) is 5.72. The number of ether oxygens (including phenoxy) is 1. The van der Waals surface area contributed by atoms with Crippen LogP contribution in [-0.2, 0) is 0 Å². The molecule has 0 saturated carbocycles. The van der Waals surface area contributed by atoms with Crippen LogP contribution < -0.4 is 15.8 Å². The standard InChI is InChI=1S/C12H17N3O3/c1-2-6-18-10-5-3-4-9(7-10)12(16)14-8-11(13)15-17/h3-5,7,17H,2,6,8H2,1H3,(H2,13,15)(H,14,16). The van der Waals surface area contributed by atoms with E-state index in [-0.39, 0.29) is 18.3 Å². The monoisotopic (exact) mass is 251 g/mol. The summed E-state index contributed by atoms with van der Waals surface area (Å²) in [6.07, 6.45) is 0.903. The van der Waals surface area contributed by atoms with Crippen molar-refractivity contribution in [3.05, 3.63) is 29.8 Å². The third kappa shape index (κ3) is 4.32. The first-order chi connectivity index (χ1) is 8.67. The molecule has 0 aliphatic heterocycles. The summed E-state index contributed by atoms with van der Waals surface area (Å²) in [4.78, 5) is 11.7. The molecule has 18 heavy (non-hydrogen) atoms. The van der Waals surface area contributed by atoms with Crippen molar-refractivity contribution in [3.63, 3.8) is 0 Å². The Morgan fingerprint density at radius 2 is 2.33 bits per heavy atom. The first kappa shape index (κ1) is 13.8. The number of rotatable bonds is 6. The molecule has 98 valence electrons. The second-order valence-corrected chi connectivity index (χ2v) is 3.65. The Labute approximate surface area is 105 Å². The van der Waals surface area contributed by atoms with Crippen LogP contribution in [-0.4, -0.2) is 30.1 Å². The zero-order valence-corrected chi connectivity index (χ0v) is 10.2. The molecule has 0 unspecified atom stereocenters. The molecule has 0 saturated heterocycles. The van der Waals surface area contributed by atoms with E-state index in [1.54, 1.807) is 24.3 Å². The fourth-order valence-electron chi connectivity index (χ4n) is 1.26. The number of hydrogen-bond acceptors (Lipinski definition) is 4. The number of amidine groups is 1. The summed E-state index contributed by atoms with van der Waals surface area (Å²) >= 11 is 0. The van der Waals surface area contributed by atoms with E-state index in [2.05, 4.69) is 10.5 Å². The molecule has 6 nitrogen and oxygen atoms in total. The Morgan fingerprint density at radius 1 is 1.56 bits per heavy atom. The summed E-state index contributed by atoms with van der Waals surface area (Å²) in [6, 6.07) is 6.84. The van der Waals surface area contributed by atoms with E-state index in [0.717, 1.165) is 6.42 Å². The molecule has 0 atom stereocenters. The lowest BCUT2D eigenvalue weighted by Gasteiger charge is -2.07. The zero-order valence-electron chi connectivity index (χ0n) is 10.2. The third-order valence-corrected chi connectivity index (χ3v) is 2.13. The van der Waals surface area contributed by atoms with E-state index in [1.165, 1.54) is 0 Å². The summed E-state index contributed by atoms with van der Waals surface area (Å²) < 4.78 is 5.42. The van der Waals surface area contributed by atoms with Gasteiger partial charge in [-0.1, -0.05) is 18.1 Å². The summed E-state index contributed by atoms with van der Waals surface area (Å²) in [7, 11) is 0. The summed E-state index contributed by atoms with van der Waals surface area (Å²) in [5.74, 6) is 0.290. The van der Waals surface area contributed by atoms with Gasteiger partial charge in [-0.05, 0) is 24.6 Å². The van der Waals surface area contributed by atoms with Crippen LogP contribution in [0.25, 0.3) is 0 Å². The number of nitrogens with two attached hydrogens (primary N) is 1. The fraction of sp³-hybridized carbons (Fsp3) is 0.333. The van der Waals surface area contributed by atoms with Gasteiger partial charge in [0.25, 0.3) is 5.91 Å². The highest BCUT2D eigenvalue weighted by atomic mass is 16.5. The van der Waals surface area contributed by atoms with E-state index in [0.29, 0.717) is 17.9 Å². The molecule has 0 heterocycles. The van der Waals surface area contributed by atoms with E-state index in [4.69, 9.17) is 15.7 Å². The van der Waals surface area contributed by atoms with Crippen LogP contribution in [0.4, 0.5) is 0 Å². The smallest absolute Gasteiger partial charge is 0.251 e. The predicted octanol–water partition coefficient (Wildman–Crippen LogP) is 0.952. The lowest BCUT2D eigenvalue weighted by atomic mass is 10.2. The van der Waals surface area contributed by atoms with Crippen molar-refractivity contribution in [2.24, 2.45) is 10.9 Å². The maximum Gasteiger partial charge on any atom is 0.251 e. The van der Waals surface area contributed by atoms with Gasteiger partial charge in [-0.25, -0.2) is 0 Å². The number of nitrogens with zero attached hydrogens (tertiary/aromatic N) is 1. The molecule has 0 bridgehead atoms. The highest BCUT2D eigenvalue weighted by Gasteiger charge is 2.06. The Hall–Kier alpha value is -2.24. The number of amides is 1. The lowest BCUT2D eigenvalue weighted by molar-refractivity contribution is 0.0958. The molecule has 6 heteroatoms. The van der Waals surface area contributed by atoms with Gasteiger partial charge in [-0.2, -0.15) is 0 Å². The van der Waals surface area contributed by atoms with Gasteiger partial charge in [-0.15, -0.1) is 0 Å². The highest BCUT2D eigenvalue weighted by molar-refractivity contribution is 5.97. The van der Waals surface area contributed by atoms with Crippen molar-refractivity contribution in [1.29, 1.82) is 0 Å². The van der Waals surface area contributed by atoms with Gasteiger partial charge in [0.2, 0.25) is 0 Å². The van der Waals surface area contributed by atoms with Crippen molar-refractivity contribution in [2.75, 3.05) is 13.2 Å². The second-order valence-electron chi connectivity index (χ2n) is 3.65. The Bertz CT molecular complexity index is 432. The molecule has 1 aromatic rings. The normalized spacial score (nSPS) is 11.1. The molecule has 4 N–H and O–H groups in total. The quantitative estimate of drug-likeness (QED) is 0.303. The number of nitrogens with one attached hydrogen (secondary N) is 1. The van der Waals surface area contributed by atoms with E-state index < -0.39 is 0 Å². The molecule has 0 aliphatic carbocycles. The van der Waals surface area contributed by atoms with Crippen molar-refractivity contribution in [1.82, 2.24) is 5.32 Å². The minimum atomic E-state index is -0.302. The molecule has 0 radical (unpaired) electrons. The SMILES string of the molecule is CCCOc1cccc(C(=O)NC/C(N)=N/O)c1. The van der Waals surface area contributed by atoms with Gasteiger partial charge in [0.05, 0.1) is 13.2 Å². The van der Waals surface area contributed by atoms with Crippen molar-refractivity contribution >= 4 is 11.7 Å². The lowest BCUT2D eigenvalue weighted by Crippen LogP contribution is -2.33. The topological polar surface area (TPSA) is 96.9 Å². The van der Waals surface area contributed by atoms with Gasteiger partial charge < -0.3 is 21.0 Å². The number of oxime groups is 1. The number of carbonyl (C=O) groups excluding carboxylic acids is 1. The second kappa shape index (κ2) is 7.16. The van der Waals surface area contributed by atoms with E-state index in [9.17, 15) is 4.79 Å². The van der Waals surface area contributed by atoms with Gasteiger partial charge in [0.1, 0.15) is 5.75 Å². The van der Waals surface area contributed by atoms with Gasteiger partial charge >= 0.3 is 0 Å². The van der Waals surface area contributed by atoms with Gasteiger partial charge in [0.15, 0.2) is 5.84 Å². The van der Waals surface area contributed by atoms with Gasteiger partial charge in [0, 0.05) is 5.56 Å². The zero-order chi connectivity index (χ0) is 13.4. The van der Waals surface area contributed by atoms with Crippen LogP contribution in [0.15, 0.2) is 29.4 Å². The molecule has 1 rings (SSSR count). The predicted molar refractivity (Wildman–Crippen MR) is 68.0 cm³/mol. The fourth-order valence-corrected chi connectivity index (χ4v) is 1.26. The Kier molecular flexibility index (Phi) is 5.50. The summed E-state index contributed by atoms with van der Waals surface area (Å²) in [5, 5.41) is 13.6. The minimum Gasteiger partial charge on any atom is -0.494 e. The molecule has 1 aromatic carbocycles. The Morgan fingerprint density at radius 3 is 3.00 bits per heavy atom. The summed E-state index contributed by atoms with van der Waals surface area (Å²) in [6.45, 7) is 2.61. The van der Waals surface area contributed by atoms with Gasteiger partial charge in [-0.3, -0.25) is 4.79 Å². The number of carbonyl (C=O) groups is 1. The maximum absolute atomic E-state index is 11.7. The molecular weight excluding hydrogens is 234 g/mol. The van der Waals surface area contributed by atoms with Crippen LogP contribution in [0.2, 0.25) is 0 Å². The van der Waals surface area contributed by atoms with Crippen LogP contribution in [0.3, 0.4) is 0 Å². The third-order valence-electron chi connectivity index (χ3n) is 2.13. The highest BCUT2D eigenvalue weighted by Crippen LogP contribution is 2.13. The maximum atomic E-state index is 11.7. The van der Waals surface area contributed by atoms with E-state index in [1.807, 2.05) is 6.92 Å². The minimum absolute atomic E-state index is 0.00459. The van der Waals surface area contributed by atoms with Crippen LogP contribution >= 0.6 is 0 Å². The van der Waals surface area contributed by atoms with Crippen molar-refractivity contribution < 1.29 is 14.7 Å². The average Bonchev–Trinajstić information content (AvgIpc) is 2.42. The average molecular weight is 251 g/mol. The van der Waals surface area contributed by atoms with Crippen molar-refractivity contribution in [2.45, 2.75) is 13.3 Å². The molecule has 1 amide bonds. The first-order valence-corrected chi connectivity index (χ1v) is 5.64. The molecular formula is C12H17N3O3. The van der Waals surface area contributed by atoms with Crippen LogP contribution in [0.5, 0.6) is 5.75 Å². The number of hydrogen-bond donors (Lipinski definition) is 3. The largest absolute Gasteiger partial charge is 0.494 e. The van der Waals surface area contributed by atoms with Crippen LogP contribution in [0.1, 0.15) is 23.7 Å². The van der Waals surface area contributed by atoms with Crippen LogP contribution in [0, 0.1) is 0 Å². The number of benzene rings is 1. The van der Waals surface area contributed by atoms with Crippen molar-refractivity contribution in [3.8, 4) is 5.75 Å². The first-order valence-electron chi connectivity index (χ1n) is 5.64. The Balaban J connectivity index is 2.62. The van der Waals surface area contributed by atoms with E-state index >= 15 is 0 Å². The molecule has 0 aliphatic rings. The molecule has 0 spiro atoms. The molecule has 0 aromatic heterocycles. The molecule has 0 fully saturated rings.